The van der Waals surface area contributed by atoms with Gasteiger partial charge in [0.15, 0.2) is 17.8 Å². The Kier molecular flexibility index (Phi) is 1.30. The first-order valence-corrected chi connectivity index (χ1v) is 3.35. The Hall–Kier alpha value is -1.91. The van der Waals surface area contributed by atoms with E-state index in [9.17, 15) is 4.79 Å². The standard InChI is InChI=1S/C7H6N4O/c8-6-7-10-3-5(4-12)11(7)2-1-9-6/h1-4H,(H2,8,9). The number of fused-ring (bicyclic) bond motifs is 1. The van der Waals surface area contributed by atoms with Crippen molar-refractivity contribution in [2.75, 3.05) is 5.73 Å². The van der Waals surface area contributed by atoms with Crippen LogP contribution in [0.25, 0.3) is 5.65 Å². The summed E-state index contributed by atoms with van der Waals surface area (Å²) < 4.78 is 1.59. The maximum absolute atomic E-state index is 10.5. The van der Waals surface area contributed by atoms with Crippen molar-refractivity contribution in [1.29, 1.82) is 0 Å². The Labute approximate surface area is 67.9 Å². The lowest BCUT2D eigenvalue weighted by Gasteiger charge is -1.95. The van der Waals surface area contributed by atoms with Crippen molar-refractivity contribution < 1.29 is 4.79 Å². The zero-order valence-corrected chi connectivity index (χ0v) is 6.14. The summed E-state index contributed by atoms with van der Waals surface area (Å²) in [6, 6.07) is 0. The smallest absolute Gasteiger partial charge is 0.180 e. The molecule has 0 aliphatic rings. The summed E-state index contributed by atoms with van der Waals surface area (Å²) >= 11 is 0. The molecule has 0 bridgehead atoms. The number of anilines is 1. The number of aldehydes is 1. The Morgan fingerprint density at radius 3 is 3.08 bits per heavy atom. The van der Waals surface area contributed by atoms with E-state index >= 15 is 0 Å². The van der Waals surface area contributed by atoms with E-state index in [4.69, 9.17) is 5.73 Å². The van der Waals surface area contributed by atoms with Crippen LogP contribution in [0.4, 0.5) is 5.82 Å². The first-order valence-electron chi connectivity index (χ1n) is 3.35. The highest BCUT2D eigenvalue weighted by atomic mass is 16.1. The van der Waals surface area contributed by atoms with Crippen molar-refractivity contribution in [3.63, 3.8) is 0 Å². The van der Waals surface area contributed by atoms with E-state index in [2.05, 4.69) is 9.97 Å². The molecule has 0 amide bonds. The van der Waals surface area contributed by atoms with Crippen LogP contribution < -0.4 is 5.73 Å². The first-order chi connectivity index (χ1) is 5.83. The van der Waals surface area contributed by atoms with Crippen LogP contribution in [-0.2, 0) is 0 Å². The molecule has 2 aromatic rings. The molecule has 0 fully saturated rings. The summed E-state index contributed by atoms with van der Waals surface area (Å²) in [5.74, 6) is 0.325. The third-order valence-corrected chi connectivity index (χ3v) is 1.60. The molecule has 5 nitrogen and oxygen atoms in total. The van der Waals surface area contributed by atoms with Gasteiger partial charge in [0.2, 0.25) is 0 Å². The number of nitrogens with zero attached hydrogens (tertiary/aromatic N) is 3. The molecule has 2 aromatic heterocycles. The van der Waals surface area contributed by atoms with Crippen molar-refractivity contribution in [2.45, 2.75) is 0 Å². The minimum Gasteiger partial charge on any atom is -0.381 e. The summed E-state index contributed by atoms with van der Waals surface area (Å²) in [5.41, 5.74) is 6.50. The molecule has 60 valence electrons. The van der Waals surface area contributed by atoms with E-state index in [-0.39, 0.29) is 0 Å². The number of hydrogen-bond donors (Lipinski definition) is 1. The topological polar surface area (TPSA) is 73.3 Å². The number of imidazole rings is 1. The van der Waals surface area contributed by atoms with E-state index in [1.54, 1.807) is 10.6 Å². The van der Waals surface area contributed by atoms with Gasteiger partial charge in [-0.05, 0) is 0 Å². The van der Waals surface area contributed by atoms with Crippen molar-refractivity contribution in [3.8, 4) is 0 Å². The minimum absolute atomic E-state index is 0.325. The quantitative estimate of drug-likeness (QED) is 0.604. The second kappa shape index (κ2) is 2.30. The lowest BCUT2D eigenvalue weighted by molar-refractivity contribution is 0.111. The molecule has 0 unspecified atom stereocenters. The molecule has 2 N–H and O–H groups in total. The molecule has 2 heterocycles. The highest BCUT2D eigenvalue weighted by molar-refractivity contribution is 5.75. The highest BCUT2D eigenvalue weighted by Gasteiger charge is 2.03. The fourth-order valence-corrected chi connectivity index (χ4v) is 1.05. The molecule has 0 saturated carbocycles. The van der Waals surface area contributed by atoms with Crippen molar-refractivity contribution >= 4 is 17.8 Å². The number of rotatable bonds is 1. The minimum atomic E-state index is 0.325. The van der Waals surface area contributed by atoms with Gasteiger partial charge in [-0.2, -0.15) is 0 Å². The lowest BCUT2D eigenvalue weighted by atomic mass is 10.5. The average molecular weight is 162 g/mol. The maximum atomic E-state index is 10.5. The number of nitrogens with two attached hydrogens (primary N) is 1. The third-order valence-electron chi connectivity index (χ3n) is 1.60. The number of hydrogen-bond acceptors (Lipinski definition) is 4. The van der Waals surface area contributed by atoms with Crippen LogP contribution in [0.1, 0.15) is 10.5 Å². The van der Waals surface area contributed by atoms with Gasteiger partial charge in [0.05, 0.1) is 6.20 Å². The van der Waals surface area contributed by atoms with Crippen LogP contribution in [0, 0.1) is 0 Å². The van der Waals surface area contributed by atoms with Gasteiger partial charge in [0.1, 0.15) is 5.69 Å². The Balaban J connectivity index is 2.88. The molecule has 0 saturated heterocycles. The number of nitrogen functional groups attached to an aromatic ring is 1. The van der Waals surface area contributed by atoms with Crippen LogP contribution >= 0.6 is 0 Å². The third kappa shape index (κ3) is 0.763. The molecule has 0 aromatic carbocycles. The zero-order chi connectivity index (χ0) is 8.55. The van der Waals surface area contributed by atoms with E-state index < -0.39 is 0 Å². The van der Waals surface area contributed by atoms with E-state index in [0.717, 1.165) is 6.29 Å². The molecule has 0 spiro atoms. The molecule has 0 radical (unpaired) electrons. The van der Waals surface area contributed by atoms with E-state index in [0.29, 0.717) is 17.2 Å². The predicted octanol–water partition coefficient (Wildman–Crippen LogP) is 0.124. The van der Waals surface area contributed by atoms with E-state index in [1.165, 1.54) is 12.4 Å². The second-order valence-corrected chi connectivity index (χ2v) is 2.31. The van der Waals surface area contributed by atoms with Crippen LogP contribution in [-0.4, -0.2) is 20.7 Å². The van der Waals surface area contributed by atoms with Crippen LogP contribution in [0.3, 0.4) is 0 Å². The van der Waals surface area contributed by atoms with Crippen molar-refractivity contribution in [2.24, 2.45) is 0 Å². The van der Waals surface area contributed by atoms with Gasteiger partial charge in [-0.15, -0.1) is 0 Å². The molecular formula is C7H6N4O. The monoisotopic (exact) mass is 162 g/mol. The molecule has 12 heavy (non-hydrogen) atoms. The fourth-order valence-electron chi connectivity index (χ4n) is 1.05. The van der Waals surface area contributed by atoms with E-state index in [1.807, 2.05) is 0 Å². The average Bonchev–Trinajstić information content (AvgIpc) is 2.49. The molecular weight excluding hydrogens is 156 g/mol. The van der Waals surface area contributed by atoms with Crippen molar-refractivity contribution in [3.05, 3.63) is 24.3 Å². The Morgan fingerprint density at radius 2 is 2.33 bits per heavy atom. The fraction of sp³-hybridized carbons (Fsp3) is 0. The Bertz CT molecular complexity index is 434. The van der Waals surface area contributed by atoms with Gasteiger partial charge >= 0.3 is 0 Å². The molecule has 0 aliphatic heterocycles. The van der Waals surface area contributed by atoms with Crippen LogP contribution in [0.15, 0.2) is 18.6 Å². The van der Waals surface area contributed by atoms with Gasteiger partial charge in [0.25, 0.3) is 0 Å². The van der Waals surface area contributed by atoms with Gasteiger partial charge in [0, 0.05) is 12.4 Å². The highest BCUT2D eigenvalue weighted by Crippen LogP contribution is 2.08. The normalized spacial score (nSPS) is 10.3. The first kappa shape index (κ1) is 6.78. The summed E-state index contributed by atoms with van der Waals surface area (Å²) in [5, 5.41) is 0. The lowest BCUT2D eigenvalue weighted by Crippen LogP contribution is -1.97. The summed E-state index contributed by atoms with van der Waals surface area (Å²) in [6.45, 7) is 0. The molecule has 0 atom stereocenters. The van der Waals surface area contributed by atoms with Gasteiger partial charge in [-0.3, -0.25) is 9.20 Å². The maximum Gasteiger partial charge on any atom is 0.180 e. The van der Waals surface area contributed by atoms with Gasteiger partial charge < -0.3 is 5.73 Å². The van der Waals surface area contributed by atoms with Gasteiger partial charge in [-0.25, -0.2) is 9.97 Å². The summed E-state index contributed by atoms with van der Waals surface area (Å²) in [4.78, 5) is 18.2. The SMILES string of the molecule is Nc1nccn2c(C=O)cnc12. The zero-order valence-electron chi connectivity index (χ0n) is 6.14. The van der Waals surface area contributed by atoms with Crippen molar-refractivity contribution in [1.82, 2.24) is 14.4 Å². The summed E-state index contributed by atoms with van der Waals surface area (Å²) in [7, 11) is 0. The number of aromatic nitrogens is 3. The molecule has 5 heteroatoms. The Morgan fingerprint density at radius 1 is 1.50 bits per heavy atom. The van der Waals surface area contributed by atoms with Crippen LogP contribution in [0.5, 0.6) is 0 Å². The van der Waals surface area contributed by atoms with Gasteiger partial charge in [-0.1, -0.05) is 0 Å². The molecule has 0 aliphatic carbocycles. The second-order valence-electron chi connectivity index (χ2n) is 2.31. The largest absolute Gasteiger partial charge is 0.381 e. The van der Waals surface area contributed by atoms with Crippen LogP contribution in [0.2, 0.25) is 0 Å². The number of carbonyl (C=O) groups excluding carboxylic acids is 1. The number of carbonyl (C=O) groups is 1. The molecule has 2 rings (SSSR count). The predicted molar refractivity (Wildman–Crippen MR) is 42.8 cm³/mol. The summed E-state index contributed by atoms with van der Waals surface area (Å²) in [6.07, 6.45) is 5.35.